The van der Waals surface area contributed by atoms with Gasteiger partial charge in [-0.1, -0.05) is 0 Å². The van der Waals surface area contributed by atoms with E-state index in [9.17, 15) is 0 Å². The van der Waals surface area contributed by atoms with E-state index in [1.807, 2.05) is 24.4 Å². The van der Waals surface area contributed by atoms with Crippen LogP contribution in [0.25, 0.3) is 11.0 Å². The highest BCUT2D eigenvalue weighted by Crippen LogP contribution is 2.05. The fraction of sp³-hybridized carbons (Fsp3) is 0. The van der Waals surface area contributed by atoms with Gasteiger partial charge in [0, 0.05) is 23.9 Å². The molecule has 3 radical (unpaired) electrons. The van der Waals surface area contributed by atoms with Crippen molar-refractivity contribution in [3.8, 4) is 0 Å². The van der Waals surface area contributed by atoms with Crippen LogP contribution in [-0.2, 0) is 0 Å². The van der Waals surface area contributed by atoms with Gasteiger partial charge in [-0.2, -0.15) is 0 Å². The molecular formula is C7H6N3. The topological polar surface area (TPSA) is 59.2 Å². The number of H-pyrrole nitrogens is 1. The van der Waals surface area contributed by atoms with Gasteiger partial charge in [0.25, 0.3) is 0 Å². The van der Waals surface area contributed by atoms with Crippen LogP contribution in [-0.4, -0.2) is 9.97 Å². The van der Waals surface area contributed by atoms with Crippen LogP contribution in [0.3, 0.4) is 0 Å². The number of nitrogens with zero attached hydrogens (tertiary/aromatic N) is 2. The van der Waals surface area contributed by atoms with Gasteiger partial charge in [0.15, 0.2) is 0 Å². The monoisotopic (exact) mass is 132 g/mol. The first kappa shape index (κ1) is 6.77. The summed E-state index contributed by atoms with van der Waals surface area (Å²) in [5, 5.41) is 1.16. The van der Waals surface area contributed by atoms with Crippen molar-refractivity contribution in [3.63, 3.8) is 0 Å². The Hall–Kier alpha value is -1.35. The lowest BCUT2D eigenvalue weighted by Crippen LogP contribution is -1.70. The number of fused-ring (bicyclic) bond motifs is 1. The second-order valence-electron chi connectivity index (χ2n) is 1.92. The number of pyridine rings is 1. The molecule has 0 unspecified atom stereocenters. The quantitative estimate of drug-likeness (QED) is 0.572. The van der Waals surface area contributed by atoms with Gasteiger partial charge in [0.1, 0.15) is 5.65 Å². The van der Waals surface area contributed by atoms with Gasteiger partial charge in [-0.15, -0.1) is 0 Å². The van der Waals surface area contributed by atoms with E-state index in [4.69, 9.17) is 0 Å². The first-order valence-corrected chi connectivity index (χ1v) is 2.85. The Bertz CT molecular complexity index is 283. The molecular weight excluding hydrogens is 126 g/mol. The Balaban J connectivity index is 0.000000500. The molecule has 0 aliphatic rings. The number of aromatic amines is 1. The fourth-order valence-corrected chi connectivity index (χ4v) is 0.883. The Morgan fingerprint density at radius 3 is 3.00 bits per heavy atom. The predicted octanol–water partition coefficient (Wildman–Crippen LogP) is 1.08. The van der Waals surface area contributed by atoms with E-state index in [0.717, 1.165) is 11.0 Å². The molecule has 0 aromatic carbocycles. The third-order valence-electron chi connectivity index (χ3n) is 1.32. The van der Waals surface area contributed by atoms with Crippen LogP contribution >= 0.6 is 0 Å². The molecule has 2 aromatic rings. The van der Waals surface area contributed by atoms with Crippen LogP contribution in [0.15, 0.2) is 30.6 Å². The largest absolute Gasteiger partial charge is 0.346 e. The molecule has 0 spiro atoms. The van der Waals surface area contributed by atoms with Crippen LogP contribution in [0.1, 0.15) is 0 Å². The molecule has 0 bridgehead atoms. The molecule has 0 fully saturated rings. The molecule has 0 atom stereocenters. The molecule has 0 aliphatic heterocycles. The minimum Gasteiger partial charge on any atom is -0.346 e. The summed E-state index contributed by atoms with van der Waals surface area (Å²) in [6.07, 6.45) is 3.66. The zero-order valence-corrected chi connectivity index (χ0v) is 5.28. The first-order chi connectivity index (χ1) is 4.47. The zero-order valence-electron chi connectivity index (χ0n) is 5.28. The molecule has 0 saturated carbocycles. The van der Waals surface area contributed by atoms with Crippen LogP contribution in [0.4, 0.5) is 0 Å². The summed E-state index contributed by atoms with van der Waals surface area (Å²) in [6.45, 7) is 0. The van der Waals surface area contributed by atoms with E-state index in [-0.39, 0.29) is 6.15 Å². The third-order valence-corrected chi connectivity index (χ3v) is 1.32. The van der Waals surface area contributed by atoms with Crippen molar-refractivity contribution >= 4 is 11.0 Å². The van der Waals surface area contributed by atoms with E-state index < -0.39 is 0 Å². The SMILES string of the molecule is [N].c1cnc2[nH]ccc2c1. The Morgan fingerprint density at radius 1 is 1.30 bits per heavy atom. The summed E-state index contributed by atoms with van der Waals surface area (Å²) in [5.74, 6) is 0. The Kier molecular flexibility index (Phi) is 1.69. The summed E-state index contributed by atoms with van der Waals surface area (Å²) in [4.78, 5) is 7.09. The van der Waals surface area contributed by atoms with E-state index in [0.29, 0.717) is 0 Å². The number of rotatable bonds is 0. The van der Waals surface area contributed by atoms with Gasteiger partial charge in [-0.3, -0.25) is 0 Å². The summed E-state index contributed by atoms with van der Waals surface area (Å²) in [5.41, 5.74) is 0.956. The maximum Gasteiger partial charge on any atom is 0.137 e. The third kappa shape index (κ3) is 0.867. The van der Waals surface area contributed by atoms with Gasteiger partial charge < -0.3 is 4.98 Å². The summed E-state index contributed by atoms with van der Waals surface area (Å²) < 4.78 is 0. The standard InChI is InChI=1S/C7H6N2.N/c1-2-6-3-5-9-7(6)8-4-1;/h1-5H,(H,8,9);. The van der Waals surface area contributed by atoms with Crippen LogP contribution in [0, 0.1) is 0 Å². The normalized spacial score (nSPS) is 9.20. The molecule has 2 heterocycles. The minimum absolute atomic E-state index is 0. The molecule has 2 aromatic heterocycles. The Labute approximate surface area is 58.7 Å². The number of aromatic nitrogens is 2. The zero-order chi connectivity index (χ0) is 6.10. The lowest BCUT2D eigenvalue weighted by atomic mass is 10.3. The maximum absolute atomic E-state index is 4.09. The van der Waals surface area contributed by atoms with Crippen molar-refractivity contribution in [2.75, 3.05) is 0 Å². The molecule has 10 heavy (non-hydrogen) atoms. The van der Waals surface area contributed by atoms with Gasteiger partial charge in [-0.05, 0) is 18.2 Å². The lowest BCUT2D eigenvalue weighted by molar-refractivity contribution is 1.33. The molecule has 0 saturated heterocycles. The highest BCUT2D eigenvalue weighted by atomic mass is 14.8. The van der Waals surface area contributed by atoms with E-state index in [1.54, 1.807) is 6.20 Å². The second-order valence-corrected chi connectivity index (χ2v) is 1.92. The predicted molar refractivity (Wildman–Crippen MR) is 38.2 cm³/mol. The summed E-state index contributed by atoms with van der Waals surface area (Å²) in [7, 11) is 0. The summed E-state index contributed by atoms with van der Waals surface area (Å²) >= 11 is 0. The number of hydrogen-bond acceptors (Lipinski definition) is 1. The van der Waals surface area contributed by atoms with Crippen molar-refractivity contribution < 1.29 is 0 Å². The molecule has 0 amide bonds. The van der Waals surface area contributed by atoms with Crippen LogP contribution in [0.5, 0.6) is 0 Å². The molecule has 3 heteroatoms. The van der Waals surface area contributed by atoms with E-state index >= 15 is 0 Å². The number of hydrogen-bond donors (Lipinski definition) is 1. The van der Waals surface area contributed by atoms with Gasteiger partial charge in [0.2, 0.25) is 0 Å². The van der Waals surface area contributed by atoms with Gasteiger partial charge >= 0.3 is 0 Å². The minimum atomic E-state index is 0. The lowest BCUT2D eigenvalue weighted by Gasteiger charge is -1.82. The van der Waals surface area contributed by atoms with Crippen LogP contribution < -0.4 is 6.15 Å². The first-order valence-electron chi connectivity index (χ1n) is 2.85. The molecule has 49 valence electrons. The fourth-order valence-electron chi connectivity index (χ4n) is 0.883. The van der Waals surface area contributed by atoms with Crippen molar-refractivity contribution in [2.45, 2.75) is 0 Å². The highest BCUT2D eigenvalue weighted by Gasteiger charge is 1.88. The molecule has 1 N–H and O–H groups in total. The number of nitrogens with one attached hydrogen (secondary N) is 1. The second kappa shape index (κ2) is 2.49. The van der Waals surface area contributed by atoms with Crippen molar-refractivity contribution in [3.05, 3.63) is 30.6 Å². The van der Waals surface area contributed by atoms with Gasteiger partial charge in [-0.25, -0.2) is 4.98 Å². The van der Waals surface area contributed by atoms with Crippen molar-refractivity contribution in [2.24, 2.45) is 0 Å². The Morgan fingerprint density at radius 2 is 2.20 bits per heavy atom. The molecule has 3 nitrogen and oxygen atoms in total. The highest BCUT2D eigenvalue weighted by molar-refractivity contribution is 5.74. The maximum atomic E-state index is 4.09. The summed E-state index contributed by atoms with van der Waals surface area (Å²) in [6, 6.07) is 5.96. The molecule has 2 rings (SSSR count). The van der Waals surface area contributed by atoms with Crippen LogP contribution in [0.2, 0.25) is 0 Å². The van der Waals surface area contributed by atoms with Crippen molar-refractivity contribution in [1.29, 1.82) is 0 Å². The van der Waals surface area contributed by atoms with E-state index in [2.05, 4.69) is 9.97 Å². The smallest absolute Gasteiger partial charge is 0.137 e. The van der Waals surface area contributed by atoms with Gasteiger partial charge in [0.05, 0.1) is 0 Å². The average Bonchev–Trinajstić information content (AvgIpc) is 2.33. The molecule has 0 aliphatic carbocycles. The van der Waals surface area contributed by atoms with E-state index in [1.165, 1.54) is 0 Å². The van der Waals surface area contributed by atoms with Crippen molar-refractivity contribution in [1.82, 2.24) is 16.1 Å². The average molecular weight is 132 g/mol.